The molecule has 1 atom stereocenters. The van der Waals surface area contributed by atoms with E-state index >= 15 is 0 Å². The minimum absolute atomic E-state index is 0.0793. The van der Waals surface area contributed by atoms with Crippen molar-refractivity contribution in [1.29, 1.82) is 0 Å². The number of aliphatic hydroxyl groups is 1. The van der Waals surface area contributed by atoms with Gasteiger partial charge in [-0.1, -0.05) is 18.2 Å². The predicted molar refractivity (Wildman–Crippen MR) is 90.6 cm³/mol. The number of amides is 1. The molecule has 5 heteroatoms. The second-order valence-electron chi connectivity index (χ2n) is 6.06. The van der Waals surface area contributed by atoms with E-state index in [-0.39, 0.29) is 5.91 Å². The molecule has 0 aliphatic carbocycles. The molecule has 1 aromatic carbocycles. The molecular formula is C17H22N2O2S. The Morgan fingerprint density at radius 2 is 2.18 bits per heavy atom. The highest BCUT2D eigenvalue weighted by Gasteiger charge is 2.29. The Labute approximate surface area is 134 Å². The largest absolute Gasteiger partial charge is 0.388 e. The molecule has 0 spiro atoms. The zero-order chi connectivity index (χ0) is 15.6. The van der Waals surface area contributed by atoms with E-state index < -0.39 is 5.60 Å². The third kappa shape index (κ3) is 3.16. The second kappa shape index (κ2) is 6.36. The summed E-state index contributed by atoms with van der Waals surface area (Å²) in [5, 5.41) is 17.9. The first-order chi connectivity index (χ1) is 10.6. The maximum absolute atomic E-state index is 12.5. The Morgan fingerprint density at radius 3 is 3.00 bits per heavy atom. The lowest BCUT2D eigenvalue weighted by molar-refractivity contribution is 0.0276. The summed E-state index contributed by atoms with van der Waals surface area (Å²) in [5.74, 6) is -0.0793. The summed E-state index contributed by atoms with van der Waals surface area (Å²) in [4.78, 5) is 13.2. The van der Waals surface area contributed by atoms with Gasteiger partial charge in [0.05, 0.1) is 10.5 Å². The fourth-order valence-corrected chi connectivity index (χ4v) is 4.13. The first kappa shape index (κ1) is 15.5. The van der Waals surface area contributed by atoms with Crippen molar-refractivity contribution in [1.82, 2.24) is 10.6 Å². The van der Waals surface area contributed by atoms with E-state index in [0.29, 0.717) is 13.0 Å². The van der Waals surface area contributed by atoms with Crippen molar-refractivity contribution < 1.29 is 9.90 Å². The molecule has 4 nitrogen and oxygen atoms in total. The van der Waals surface area contributed by atoms with Gasteiger partial charge in [0.1, 0.15) is 0 Å². The molecule has 0 radical (unpaired) electrons. The SMILES string of the molecule is Cc1c(C(=O)NCC2(O)CCCNCC2)sc2ccccc12. The zero-order valence-corrected chi connectivity index (χ0v) is 13.6. The minimum atomic E-state index is -0.788. The highest BCUT2D eigenvalue weighted by molar-refractivity contribution is 7.21. The van der Waals surface area contributed by atoms with Gasteiger partial charge in [-0.25, -0.2) is 0 Å². The summed E-state index contributed by atoms with van der Waals surface area (Å²) in [5.41, 5.74) is 0.233. The third-order valence-electron chi connectivity index (χ3n) is 4.39. The van der Waals surface area contributed by atoms with Crippen LogP contribution in [0.15, 0.2) is 24.3 Å². The van der Waals surface area contributed by atoms with Crippen molar-refractivity contribution in [2.75, 3.05) is 19.6 Å². The monoisotopic (exact) mass is 318 g/mol. The van der Waals surface area contributed by atoms with Crippen molar-refractivity contribution in [2.24, 2.45) is 0 Å². The molecule has 3 rings (SSSR count). The molecule has 1 aliphatic rings. The van der Waals surface area contributed by atoms with Gasteiger partial charge in [-0.15, -0.1) is 11.3 Å². The smallest absolute Gasteiger partial charge is 0.261 e. The van der Waals surface area contributed by atoms with Crippen molar-refractivity contribution in [2.45, 2.75) is 31.8 Å². The van der Waals surface area contributed by atoms with Gasteiger partial charge in [-0.05, 0) is 56.3 Å². The van der Waals surface area contributed by atoms with Gasteiger partial charge in [0.15, 0.2) is 0 Å². The van der Waals surface area contributed by atoms with Crippen LogP contribution >= 0.6 is 11.3 Å². The number of fused-ring (bicyclic) bond motifs is 1. The van der Waals surface area contributed by atoms with Crippen LogP contribution in [0.25, 0.3) is 10.1 Å². The minimum Gasteiger partial charge on any atom is -0.388 e. The van der Waals surface area contributed by atoms with Gasteiger partial charge in [0.25, 0.3) is 5.91 Å². The molecule has 0 bridgehead atoms. The highest BCUT2D eigenvalue weighted by Crippen LogP contribution is 2.30. The number of carbonyl (C=O) groups excluding carboxylic acids is 1. The molecule has 2 aromatic rings. The third-order valence-corrected chi connectivity index (χ3v) is 5.66. The first-order valence-electron chi connectivity index (χ1n) is 7.78. The molecule has 1 fully saturated rings. The number of carbonyl (C=O) groups is 1. The van der Waals surface area contributed by atoms with Crippen molar-refractivity contribution in [3.05, 3.63) is 34.7 Å². The molecule has 1 unspecified atom stereocenters. The summed E-state index contributed by atoms with van der Waals surface area (Å²) in [7, 11) is 0. The fraction of sp³-hybridized carbons (Fsp3) is 0.471. The molecule has 1 amide bonds. The van der Waals surface area contributed by atoms with Crippen LogP contribution in [0.2, 0.25) is 0 Å². The number of hydrogen-bond donors (Lipinski definition) is 3. The van der Waals surface area contributed by atoms with Gasteiger partial charge in [0, 0.05) is 11.2 Å². The number of hydrogen-bond acceptors (Lipinski definition) is 4. The molecule has 118 valence electrons. The number of aryl methyl sites for hydroxylation is 1. The van der Waals surface area contributed by atoms with E-state index in [2.05, 4.69) is 10.6 Å². The standard InChI is InChI=1S/C17H22N2O2S/c1-12-13-5-2-3-6-14(13)22-15(12)16(20)19-11-17(21)7-4-9-18-10-8-17/h2-3,5-6,18,21H,4,7-11H2,1H3,(H,19,20). The molecule has 3 N–H and O–H groups in total. The van der Waals surface area contributed by atoms with E-state index in [1.54, 1.807) is 0 Å². The van der Waals surface area contributed by atoms with Gasteiger partial charge < -0.3 is 15.7 Å². The van der Waals surface area contributed by atoms with Crippen LogP contribution in [0.5, 0.6) is 0 Å². The summed E-state index contributed by atoms with van der Waals surface area (Å²) in [6, 6.07) is 8.06. The van der Waals surface area contributed by atoms with E-state index in [1.807, 2.05) is 31.2 Å². The molecule has 1 saturated heterocycles. The Balaban J connectivity index is 1.72. The average molecular weight is 318 g/mol. The van der Waals surface area contributed by atoms with E-state index in [0.717, 1.165) is 46.5 Å². The highest BCUT2D eigenvalue weighted by atomic mass is 32.1. The van der Waals surface area contributed by atoms with Crippen molar-refractivity contribution in [3.63, 3.8) is 0 Å². The summed E-state index contributed by atoms with van der Waals surface area (Å²) >= 11 is 1.52. The zero-order valence-electron chi connectivity index (χ0n) is 12.8. The Kier molecular flexibility index (Phi) is 4.47. The maximum Gasteiger partial charge on any atom is 0.261 e. The van der Waals surface area contributed by atoms with Crippen LogP contribution < -0.4 is 10.6 Å². The van der Waals surface area contributed by atoms with Crippen LogP contribution in [0.3, 0.4) is 0 Å². The average Bonchev–Trinajstić information content (AvgIpc) is 2.71. The molecule has 0 saturated carbocycles. The molecular weight excluding hydrogens is 296 g/mol. The van der Waals surface area contributed by atoms with Crippen LogP contribution in [0.4, 0.5) is 0 Å². The lowest BCUT2D eigenvalue weighted by Gasteiger charge is -2.26. The fourth-order valence-electron chi connectivity index (χ4n) is 3.01. The van der Waals surface area contributed by atoms with Crippen molar-refractivity contribution in [3.8, 4) is 0 Å². The van der Waals surface area contributed by atoms with Gasteiger partial charge in [0.2, 0.25) is 0 Å². The van der Waals surface area contributed by atoms with Crippen LogP contribution in [0.1, 0.15) is 34.5 Å². The second-order valence-corrected chi connectivity index (χ2v) is 7.12. The Bertz CT molecular complexity index is 672. The quantitative estimate of drug-likeness (QED) is 0.814. The summed E-state index contributed by atoms with van der Waals surface area (Å²) < 4.78 is 1.13. The van der Waals surface area contributed by atoms with Gasteiger partial charge in [-0.3, -0.25) is 4.79 Å². The van der Waals surface area contributed by atoms with E-state index in [4.69, 9.17) is 0 Å². The number of thiophene rings is 1. The molecule has 1 aromatic heterocycles. The maximum atomic E-state index is 12.5. The topological polar surface area (TPSA) is 61.4 Å². The van der Waals surface area contributed by atoms with Crippen molar-refractivity contribution >= 4 is 27.3 Å². The number of nitrogens with one attached hydrogen (secondary N) is 2. The van der Waals surface area contributed by atoms with E-state index in [1.165, 1.54) is 11.3 Å². The Hall–Kier alpha value is -1.43. The van der Waals surface area contributed by atoms with E-state index in [9.17, 15) is 9.90 Å². The normalized spacial score (nSPS) is 22.5. The Morgan fingerprint density at radius 1 is 1.36 bits per heavy atom. The van der Waals surface area contributed by atoms with Gasteiger partial charge in [-0.2, -0.15) is 0 Å². The predicted octanol–water partition coefficient (Wildman–Crippen LogP) is 2.44. The van der Waals surface area contributed by atoms with Crippen LogP contribution in [-0.4, -0.2) is 36.2 Å². The number of rotatable bonds is 3. The van der Waals surface area contributed by atoms with Gasteiger partial charge >= 0.3 is 0 Å². The molecule has 2 heterocycles. The van der Waals surface area contributed by atoms with Crippen LogP contribution in [0, 0.1) is 6.92 Å². The summed E-state index contributed by atoms with van der Waals surface area (Å²) in [6.07, 6.45) is 2.35. The summed E-state index contributed by atoms with van der Waals surface area (Å²) in [6.45, 7) is 4.04. The molecule has 1 aliphatic heterocycles. The lowest BCUT2D eigenvalue weighted by atomic mass is 9.95. The van der Waals surface area contributed by atoms with Crippen LogP contribution in [-0.2, 0) is 0 Å². The lowest BCUT2D eigenvalue weighted by Crippen LogP contribution is -2.43. The first-order valence-corrected chi connectivity index (χ1v) is 8.60. The number of benzene rings is 1. The molecule has 22 heavy (non-hydrogen) atoms.